The Morgan fingerprint density at radius 2 is 0.836 bits per heavy atom. The van der Waals surface area contributed by atoms with Crippen LogP contribution in [0.15, 0.2) is 152 Å². The number of hydrogen-bond acceptors (Lipinski definition) is 0. The van der Waals surface area contributed by atoms with Gasteiger partial charge < -0.3 is 9.05 Å². The molecule has 12 rings (SSSR count). The van der Waals surface area contributed by atoms with Gasteiger partial charge in [0.05, 0.1) is 11.0 Å². The van der Waals surface area contributed by atoms with E-state index < -0.39 is 0 Å². The van der Waals surface area contributed by atoms with E-state index in [0.717, 1.165) is 0 Å². The van der Waals surface area contributed by atoms with Crippen molar-refractivity contribution >= 4 is 61.4 Å². The van der Waals surface area contributed by atoms with E-state index in [1.165, 1.54) is 127 Å². The molecule has 330 valence electrons. The van der Waals surface area contributed by atoms with Crippen LogP contribution in [0.5, 0.6) is 0 Å². The summed E-state index contributed by atoms with van der Waals surface area (Å²) in [4.78, 5) is 0. The lowest BCUT2D eigenvalue weighted by Crippen LogP contribution is -2.55. The summed E-state index contributed by atoms with van der Waals surface area (Å²) < 4.78 is 5.42. The van der Waals surface area contributed by atoms with Gasteiger partial charge in [-0.15, -0.1) is 0 Å². The molecule has 0 unspecified atom stereocenters. The summed E-state index contributed by atoms with van der Waals surface area (Å²) in [6, 6.07) is 59.0. The Bertz CT molecular complexity index is 3640. The smallest absolute Gasteiger partial charge is 0.333 e. The van der Waals surface area contributed by atoms with Crippen LogP contribution in [-0.2, 0) is 21.7 Å². The lowest BCUT2D eigenvalue weighted by atomic mass is 9.45. The zero-order valence-electron chi connectivity index (χ0n) is 41.4. The molecule has 0 atom stereocenters. The van der Waals surface area contributed by atoms with E-state index in [2.05, 4.69) is 244 Å². The molecule has 2 aliphatic heterocycles. The van der Waals surface area contributed by atoms with Crippen molar-refractivity contribution in [2.45, 2.75) is 105 Å². The number of fused-ring (bicyclic) bond motifs is 10. The molecule has 2 aliphatic rings. The van der Waals surface area contributed by atoms with Crippen LogP contribution in [0.2, 0.25) is 0 Å². The lowest BCUT2D eigenvalue weighted by molar-refractivity contribution is 0.590. The Labute approximate surface area is 397 Å². The molecule has 3 heteroatoms. The summed E-state index contributed by atoms with van der Waals surface area (Å²) in [6.45, 7) is 28.3. The molecule has 8 aromatic carbocycles. The van der Waals surface area contributed by atoms with Crippen LogP contribution in [0, 0.1) is 0 Å². The number of rotatable bonds is 3. The van der Waals surface area contributed by atoms with E-state index in [9.17, 15) is 0 Å². The predicted molar refractivity (Wildman–Crippen MR) is 291 cm³/mol. The first-order valence-electron chi connectivity index (χ1n) is 24.5. The highest BCUT2D eigenvalue weighted by molar-refractivity contribution is 6.90. The third kappa shape index (κ3) is 6.30. The van der Waals surface area contributed by atoms with Crippen molar-refractivity contribution in [3.63, 3.8) is 0 Å². The predicted octanol–water partition coefficient (Wildman–Crippen LogP) is 16.0. The summed E-state index contributed by atoms with van der Waals surface area (Å²) in [6.07, 6.45) is 0. The molecule has 0 aliphatic carbocycles. The fraction of sp³-hybridized carbons (Fsp3) is 0.250. The van der Waals surface area contributed by atoms with E-state index in [-0.39, 0.29) is 28.5 Å². The van der Waals surface area contributed by atoms with Crippen molar-refractivity contribution in [3.8, 4) is 50.2 Å². The van der Waals surface area contributed by atoms with E-state index in [4.69, 9.17) is 0 Å². The molecule has 2 aromatic heterocycles. The van der Waals surface area contributed by atoms with Gasteiger partial charge in [-0.1, -0.05) is 168 Å². The van der Waals surface area contributed by atoms with Crippen LogP contribution in [0.4, 0.5) is 0 Å². The maximum absolute atomic E-state index is 2.77. The van der Waals surface area contributed by atoms with Gasteiger partial charge in [-0.05, 0) is 161 Å². The molecular formula is C64H61BN2. The monoisotopic (exact) mass is 868 g/mol. The van der Waals surface area contributed by atoms with Gasteiger partial charge in [0, 0.05) is 43.8 Å². The molecule has 0 N–H and O–H groups in total. The molecule has 4 heterocycles. The summed E-state index contributed by atoms with van der Waals surface area (Å²) in [5, 5.41) is 5.36. The van der Waals surface area contributed by atoms with Crippen LogP contribution >= 0.6 is 0 Å². The first kappa shape index (κ1) is 41.8. The zero-order valence-corrected chi connectivity index (χ0v) is 41.4. The first-order chi connectivity index (χ1) is 31.8. The molecule has 2 nitrogen and oxygen atoms in total. The Kier molecular flexibility index (Phi) is 8.73. The highest BCUT2D eigenvalue weighted by atomic mass is 15.0. The van der Waals surface area contributed by atoms with Crippen LogP contribution in [-0.4, -0.2) is 15.9 Å². The second kappa shape index (κ2) is 14.0. The van der Waals surface area contributed by atoms with Crippen molar-refractivity contribution in [2.75, 3.05) is 0 Å². The third-order valence-corrected chi connectivity index (χ3v) is 15.3. The van der Waals surface area contributed by atoms with Gasteiger partial charge in [0.2, 0.25) is 0 Å². The minimum absolute atomic E-state index is 0.00167. The molecule has 0 fully saturated rings. The van der Waals surface area contributed by atoms with Crippen molar-refractivity contribution in [1.29, 1.82) is 0 Å². The molecular weight excluding hydrogens is 808 g/mol. The standard InChI is InChI=1S/C64H61BN2/c1-61(2,3)43-23-26-54-48(32-43)51-35-46(64(10,11)12)37-53-60(51)66(54)56-28-25-47(42-30-40(38-19-15-13-16-20-38)29-41(31-42)39-21-17-14-18-22-39)57-52-36-45(63(7,8)9)34-50-49-33-44(62(4,5)6)24-27-55(49)67(59(50)52)65(53)58(56)57/h13-37H,1-12H3. The molecule has 0 saturated carbocycles. The summed E-state index contributed by atoms with van der Waals surface area (Å²) in [7, 11) is 0. The van der Waals surface area contributed by atoms with Crippen LogP contribution in [0.25, 0.3) is 93.8 Å². The molecule has 0 spiro atoms. The van der Waals surface area contributed by atoms with E-state index in [0.29, 0.717) is 0 Å². The first-order valence-corrected chi connectivity index (χ1v) is 24.5. The molecule has 0 amide bonds. The number of nitrogens with zero attached hydrogens (tertiary/aromatic N) is 2. The molecule has 0 radical (unpaired) electrons. The van der Waals surface area contributed by atoms with E-state index in [1.807, 2.05) is 0 Å². The fourth-order valence-corrected chi connectivity index (χ4v) is 11.5. The van der Waals surface area contributed by atoms with Gasteiger partial charge in [0.1, 0.15) is 0 Å². The van der Waals surface area contributed by atoms with Gasteiger partial charge in [0.15, 0.2) is 0 Å². The van der Waals surface area contributed by atoms with Crippen molar-refractivity contribution in [1.82, 2.24) is 9.05 Å². The highest BCUT2D eigenvalue weighted by Crippen LogP contribution is 2.49. The van der Waals surface area contributed by atoms with Crippen molar-refractivity contribution < 1.29 is 0 Å². The highest BCUT2D eigenvalue weighted by Gasteiger charge is 2.44. The molecule has 0 bridgehead atoms. The van der Waals surface area contributed by atoms with Gasteiger partial charge in [0.25, 0.3) is 0 Å². The Morgan fingerprint density at radius 3 is 1.39 bits per heavy atom. The van der Waals surface area contributed by atoms with E-state index in [1.54, 1.807) is 0 Å². The van der Waals surface area contributed by atoms with Gasteiger partial charge in [-0.2, -0.15) is 0 Å². The SMILES string of the molecule is CC(C)(C)c1ccc2c(c1)c1cc(C(C)(C)C)cc3c1n2B1c2c(ccc(-c4cc(-c5ccccc5)cc(-c5ccccc5)c4)c2-3)-n2c3ccc(C(C)(C)C)cc3c3cc(C(C)(C)C)cc1c32. The Hall–Kier alpha value is -6.58. The summed E-state index contributed by atoms with van der Waals surface area (Å²) >= 11 is 0. The Balaban J connectivity index is 1.30. The maximum Gasteiger partial charge on any atom is 0.333 e. The molecule has 10 aromatic rings. The average Bonchev–Trinajstić information content (AvgIpc) is 3.81. The quantitative estimate of drug-likeness (QED) is 0.157. The number of benzene rings is 8. The van der Waals surface area contributed by atoms with Gasteiger partial charge in [-0.25, -0.2) is 0 Å². The normalized spacial score (nSPS) is 13.6. The maximum atomic E-state index is 2.77. The average molecular weight is 869 g/mol. The third-order valence-electron chi connectivity index (χ3n) is 15.3. The lowest BCUT2D eigenvalue weighted by Gasteiger charge is -2.36. The minimum Gasteiger partial charge on any atom is -0.375 e. The summed E-state index contributed by atoms with van der Waals surface area (Å²) in [5.41, 5.74) is 24.7. The Morgan fingerprint density at radius 1 is 0.358 bits per heavy atom. The molecule has 0 saturated heterocycles. The number of hydrogen-bond donors (Lipinski definition) is 0. The topological polar surface area (TPSA) is 9.86 Å². The van der Waals surface area contributed by atoms with Crippen molar-refractivity contribution in [3.05, 3.63) is 174 Å². The van der Waals surface area contributed by atoms with Gasteiger partial charge in [-0.3, -0.25) is 0 Å². The van der Waals surface area contributed by atoms with Gasteiger partial charge >= 0.3 is 6.85 Å². The summed E-state index contributed by atoms with van der Waals surface area (Å²) in [5.74, 6) is 0. The molecule has 67 heavy (non-hydrogen) atoms. The number of aromatic nitrogens is 2. The second-order valence-corrected chi connectivity index (χ2v) is 23.9. The largest absolute Gasteiger partial charge is 0.375 e. The second-order valence-electron chi connectivity index (χ2n) is 23.9. The minimum atomic E-state index is -0.0813. The van der Waals surface area contributed by atoms with E-state index >= 15 is 0 Å². The van der Waals surface area contributed by atoms with Crippen LogP contribution < -0.4 is 10.9 Å². The van der Waals surface area contributed by atoms with Crippen LogP contribution in [0.1, 0.15) is 105 Å². The van der Waals surface area contributed by atoms with Crippen molar-refractivity contribution in [2.24, 2.45) is 0 Å². The van der Waals surface area contributed by atoms with Crippen LogP contribution in [0.3, 0.4) is 0 Å². The fourth-order valence-electron chi connectivity index (χ4n) is 11.5. The zero-order chi connectivity index (χ0) is 46.7.